The number of carbonyl (C=O) groups is 1. The number of nitrogens with one attached hydrogen (secondary N) is 1. The average molecular weight is 378 g/mol. The van der Waals surface area contributed by atoms with E-state index in [9.17, 15) is 18.0 Å². The number of carbonyl (C=O) groups excluding carboxylic acids is 1. The van der Waals surface area contributed by atoms with Gasteiger partial charge in [-0.2, -0.15) is 13.2 Å². The fraction of sp³-hybridized carbons (Fsp3) is 0.476. The monoisotopic (exact) mass is 378 g/mol. The van der Waals surface area contributed by atoms with Gasteiger partial charge < -0.3 is 0 Å². The molecule has 2 aromatic carbocycles. The second-order valence-electron chi connectivity index (χ2n) is 7.90. The number of aryl methyl sites for hydroxylation is 1. The van der Waals surface area contributed by atoms with Crippen molar-refractivity contribution >= 4 is 16.7 Å². The van der Waals surface area contributed by atoms with Crippen LogP contribution in [0.3, 0.4) is 0 Å². The smallest absolute Gasteiger partial charge is 0.287 e. The van der Waals surface area contributed by atoms with Gasteiger partial charge in [0.15, 0.2) is 0 Å². The molecule has 1 unspecified atom stereocenters. The van der Waals surface area contributed by atoms with Gasteiger partial charge in [-0.05, 0) is 54.7 Å². The molecule has 1 aliphatic rings. The highest BCUT2D eigenvalue weighted by molar-refractivity contribution is 5.87. The zero-order valence-electron chi connectivity index (χ0n) is 15.9. The van der Waals surface area contributed by atoms with E-state index >= 15 is 0 Å². The first-order valence-corrected chi connectivity index (χ1v) is 9.29. The number of hydrogen-bond donors (Lipinski definition) is 1. The van der Waals surface area contributed by atoms with Crippen LogP contribution in [0, 0.1) is 5.41 Å². The zero-order chi connectivity index (χ0) is 19.8. The Balaban J connectivity index is 2.10. The molecule has 1 saturated heterocycles. The minimum absolute atomic E-state index is 0.00707. The van der Waals surface area contributed by atoms with Crippen LogP contribution < -0.4 is 5.43 Å². The number of fused-ring (bicyclic) bond motifs is 1. The quantitative estimate of drug-likeness (QED) is 0.780. The van der Waals surface area contributed by atoms with Gasteiger partial charge in [0.05, 0.1) is 5.41 Å². The predicted octanol–water partition coefficient (Wildman–Crippen LogP) is 5.16. The molecule has 1 amide bonds. The molecule has 1 aliphatic heterocycles. The van der Waals surface area contributed by atoms with E-state index in [1.54, 1.807) is 26.0 Å². The third-order valence-corrected chi connectivity index (χ3v) is 5.13. The number of benzene rings is 2. The predicted molar refractivity (Wildman–Crippen MR) is 100.0 cm³/mol. The molecule has 3 rings (SSSR count). The van der Waals surface area contributed by atoms with Crippen LogP contribution in [0.5, 0.6) is 0 Å². The number of alkyl halides is 3. The summed E-state index contributed by atoms with van der Waals surface area (Å²) in [4.78, 5) is 12.1. The summed E-state index contributed by atoms with van der Waals surface area (Å²) < 4.78 is 42.1. The summed E-state index contributed by atoms with van der Waals surface area (Å²) in [5.41, 5.74) is 2.67. The van der Waals surface area contributed by atoms with Gasteiger partial charge in [-0.25, -0.2) is 5.01 Å². The van der Waals surface area contributed by atoms with Crippen molar-refractivity contribution in [3.63, 3.8) is 0 Å². The molecule has 146 valence electrons. The summed E-state index contributed by atoms with van der Waals surface area (Å²) >= 11 is 0. The SMILES string of the molecule is CCCCc1cc(C(N2CC(C)(C)C(=O)N2)C(F)(F)F)cc2ccccc12. The highest BCUT2D eigenvalue weighted by Gasteiger charge is 2.51. The first kappa shape index (κ1) is 19.7. The number of unbranched alkanes of at least 4 members (excludes halogenated alkanes) is 1. The third-order valence-electron chi connectivity index (χ3n) is 5.13. The van der Waals surface area contributed by atoms with E-state index < -0.39 is 17.6 Å². The Labute approximate surface area is 157 Å². The minimum Gasteiger partial charge on any atom is -0.287 e. The fourth-order valence-electron chi connectivity index (χ4n) is 3.67. The van der Waals surface area contributed by atoms with Crippen LogP contribution in [0.4, 0.5) is 13.2 Å². The van der Waals surface area contributed by atoms with Crippen LogP contribution in [0.1, 0.15) is 50.8 Å². The van der Waals surface area contributed by atoms with Gasteiger partial charge in [-0.3, -0.25) is 10.2 Å². The lowest BCUT2D eigenvalue weighted by Gasteiger charge is -2.30. The third kappa shape index (κ3) is 3.95. The van der Waals surface area contributed by atoms with Crippen LogP contribution in [0.2, 0.25) is 0 Å². The molecule has 0 aromatic heterocycles. The summed E-state index contributed by atoms with van der Waals surface area (Å²) in [6, 6.07) is 8.92. The van der Waals surface area contributed by atoms with E-state index in [4.69, 9.17) is 0 Å². The Kier molecular flexibility index (Phi) is 5.21. The molecule has 0 spiro atoms. The minimum atomic E-state index is -4.50. The van der Waals surface area contributed by atoms with E-state index in [1.165, 1.54) is 0 Å². The van der Waals surface area contributed by atoms with Crippen LogP contribution >= 0.6 is 0 Å². The number of amides is 1. The number of rotatable bonds is 5. The van der Waals surface area contributed by atoms with Crippen molar-refractivity contribution in [3.05, 3.63) is 47.5 Å². The Hall–Kier alpha value is -2.08. The Morgan fingerprint density at radius 2 is 1.93 bits per heavy atom. The van der Waals surface area contributed by atoms with Gasteiger partial charge in [0, 0.05) is 6.54 Å². The van der Waals surface area contributed by atoms with Crippen LogP contribution in [-0.2, 0) is 11.2 Å². The van der Waals surface area contributed by atoms with Crippen LogP contribution in [0.15, 0.2) is 36.4 Å². The maximum Gasteiger partial charge on any atom is 0.409 e. The van der Waals surface area contributed by atoms with Crippen LogP contribution in [-0.4, -0.2) is 23.6 Å². The van der Waals surface area contributed by atoms with Gasteiger partial charge in [0.2, 0.25) is 5.91 Å². The average Bonchev–Trinajstić information content (AvgIpc) is 2.84. The molecular formula is C21H25F3N2O. The molecule has 0 saturated carbocycles. The number of hydrogen-bond acceptors (Lipinski definition) is 2. The molecule has 0 bridgehead atoms. The molecule has 3 nitrogen and oxygen atoms in total. The largest absolute Gasteiger partial charge is 0.409 e. The van der Waals surface area contributed by atoms with E-state index in [0.29, 0.717) is 0 Å². The van der Waals surface area contributed by atoms with E-state index in [-0.39, 0.29) is 18.0 Å². The lowest BCUT2D eigenvalue weighted by Crippen LogP contribution is -2.43. The summed E-state index contributed by atoms with van der Waals surface area (Å²) in [7, 11) is 0. The van der Waals surface area contributed by atoms with Gasteiger partial charge >= 0.3 is 6.18 Å². The molecular weight excluding hydrogens is 353 g/mol. The molecule has 1 fully saturated rings. The highest BCUT2D eigenvalue weighted by atomic mass is 19.4. The van der Waals surface area contributed by atoms with Gasteiger partial charge in [-0.1, -0.05) is 43.7 Å². The standard InChI is InChI=1S/C21H25F3N2O/c1-4-5-8-14-11-16(12-15-9-6-7-10-17(14)15)18(21(22,23)24)26-13-20(2,3)19(27)25-26/h6-7,9-12,18H,4-5,8,13H2,1-3H3,(H,25,27). The van der Waals surface area contributed by atoms with Crippen molar-refractivity contribution in [1.29, 1.82) is 0 Å². The second kappa shape index (κ2) is 7.15. The lowest BCUT2D eigenvalue weighted by atomic mass is 9.92. The summed E-state index contributed by atoms with van der Waals surface area (Å²) in [5.74, 6) is -0.385. The maximum absolute atomic E-state index is 14.0. The summed E-state index contributed by atoms with van der Waals surface area (Å²) in [5, 5.41) is 2.82. The zero-order valence-corrected chi connectivity index (χ0v) is 15.9. The van der Waals surface area contributed by atoms with E-state index in [0.717, 1.165) is 40.6 Å². The molecule has 0 aliphatic carbocycles. The highest BCUT2D eigenvalue weighted by Crippen LogP contribution is 2.41. The maximum atomic E-state index is 14.0. The Bertz CT molecular complexity index is 845. The Morgan fingerprint density at radius 1 is 1.22 bits per heavy atom. The Morgan fingerprint density at radius 3 is 2.52 bits per heavy atom. The topological polar surface area (TPSA) is 32.3 Å². The van der Waals surface area contributed by atoms with Crippen molar-refractivity contribution < 1.29 is 18.0 Å². The molecule has 27 heavy (non-hydrogen) atoms. The lowest BCUT2D eigenvalue weighted by molar-refractivity contribution is -0.191. The summed E-state index contributed by atoms with van der Waals surface area (Å²) in [6.45, 7) is 5.38. The van der Waals surface area contributed by atoms with Crippen molar-refractivity contribution in [1.82, 2.24) is 10.4 Å². The molecule has 6 heteroatoms. The van der Waals surface area contributed by atoms with Crippen molar-refractivity contribution in [2.45, 2.75) is 52.3 Å². The van der Waals surface area contributed by atoms with E-state index in [2.05, 4.69) is 12.3 Å². The van der Waals surface area contributed by atoms with Gasteiger partial charge in [-0.15, -0.1) is 0 Å². The van der Waals surface area contributed by atoms with Crippen LogP contribution in [0.25, 0.3) is 10.8 Å². The van der Waals surface area contributed by atoms with Gasteiger partial charge in [0.1, 0.15) is 6.04 Å². The fourth-order valence-corrected chi connectivity index (χ4v) is 3.67. The molecule has 1 N–H and O–H groups in total. The number of nitrogens with zero attached hydrogens (tertiary/aromatic N) is 1. The molecule has 1 atom stereocenters. The van der Waals surface area contributed by atoms with E-state index in [1.807, 2.05) is 24.3 Å². The van der Waals surface area contributed by atoms with Crippen molar-refractivity contribution in [2.24, 2.45) is 5.41 Å². The van der Waals surface area contributed by atoms with Crippen molar-refractivity contribution in [3.8, 4) is 0 Å². The second-order valence-corrected chi connectivity index (χ2v) is 7.90. The summed E-state index contributed by atoms with van der Waals surface area (Å²) in [6.07, 6.45) is -1.89. The normalized spacial score (nSPS) is 18.7. The number of hydrazine groups is 1. The molecule has 0 radical (unpaired) electrons. The molecule has 2 aromatic rings. The van der Waals surface area contributed by atoms with Gasteiger partial charge in [0.25, 0.3) is 0 Å². The first-order chi connectivity index (χ1) is 12.6. The first-order valence-electron chi connectivity index (χ1n) is 9.29. The molecule has 1 heterocycles. The number of halogens is 3. The van der Waals surface area contributed by atoms with Crippen molar-refractivity contribution in [2.75, 3.05) is 6.54 Å².